The summed E-state index contributed by atoms with van der Waals surface area (Å²) in [4.78, 5) is 36.6. The van der Waals surface area contributed by atoms with Crippen molar-refractivity contribution >= 4 is 34.9 Å². The van der Waals surface area contributed by atoms with E-state index in [1.54, 1.807) is 4.90 Å². The smallest absolute Gasteiger partial charge is 0.241 e. The van der Waals surface area contributed by atoms with Crippen molar-refractivity contribution in [2.45, 2.75) is 32.6 Å². The first-order valence-corrected chi connectivity index (χ1v) is 12.5. The molecular weight excluding hydrogens is 422 g/mol. The van der Waals surface area contributed by atoms with Crippen LogP contribution in [-0.4, -0.2) is 89.7 Å². The molecule has 1 N–H and O–H groups in total. The first kappa shape index (κ1) is 23.3. The van der Waals surface area contributed by atoms with Crippen LogP contribution in [0.15, 0.2) is 29.3 Å². The van der Waals surface area contributed by atoms with Crippen molar-refractivity contribution < 1.29 is 9.59 Å². The van der Waals surface area contributed by atoms with Crippen LogP contribution in [0.1, 0.15) is 32.6 Å². The molecule has 0 spiro atoms. The van der Waals surface area contributed by atoms with E-state index >= 15 is 0 Å². The molecule has 7 nitrogen and oxygen atoms in total. The van der Waals surface area contributed by atoms with Gasteiger partial charge in [0, 0.05) is 51.7 Å². The number of allylic oxidation sites excluding steroid dienone is 3. The molecular formula is C24H35N5O2S. The van der Waals surface area contributed by atoms with Crippen molar-refractivity contribution in [3.05, 3.63) is 24.3 Å². The average Bonchev–Trinajstić information content (AvgIpc) is 2.82. The van der Waals surface area contributed by atoms with Crippen molar-refractivity contribution in [1.82, 2.24) is 20.0 Å². The second kappa shape index (κ2) is 10.8. The van der Waals surface area contributed by atoms with E-state index in [9.17, 15) is 9.59 Å². The van der Waals surface area contributed by atoms with Crippen LogP contribution in [0.25, 0.3) is 0 Å². The monoisotopic (exact) mass is 457 g/mol. The summed E-state index contributed by atoms with van der Waals surface area (Å²) < 4.78 is 0. The number of carbonyl (C=O) groups excluding carboxylic acids is 2. The number of rotatable bonds is 7. The Balaban J connectivity index is 1.17. The molecule has 4 rings (SSSR count). The van der Waals surface area contributed by atoms with E-state index in [0.717, 1.165) is 77.2 Å². The molecule has 2 amide bonds. The number of fused-ring (bicyclic) bond motifs is 1. The van der Waals surface area contributed by atoms with Crippen LogP contribution in [0.4, 0.5) is 0 Å². The van der Waals surface area contributed by atoms with Crippen molar-refractivity contribution in [3.8, 4) is 0 Å². The highest BCUT2D eigenvalue weighted by Gasteiger charge is 2.36. The van der Waals surface area contributed by atoms with Crippen LogP contribution in [0.2, 0.25) is 0 Å². The van der Waals surface area contributed by atoms with Crippen LogP contribution in [-0.2, 0) is 9.59 Å². The molecule has 1 unspecified atom stereocenters. The van der Waals surface area contributed by atoms with Crippen LogP contribution in [0, 0.1) is 17.8 Å². The van der Waals surface area contributed by atoms with Gasteiger partial charge in [-0.3, -0.25) is 19.4 Å². The highest BCUT2D eigenvalue weighted by atomic mass is 32.1. The van der Waals surface area contributed by atoms with Gasteiger partial charge in [0.2, 0.25) is 16.9 Å². The number of likely N-dealkylation sites (N-methyl/N-ethyl adjacent to an activating group) is 1. The van der Waals surface area contributed by atoms with E-state index in [1.165, 1.54) is 0 Å². The molecule has 32 heavy (non-hydrogen) atoms. The molecule has 2 aliphatic carbocycles. The van der Waals surface area contributed by atoms with Gasteiger partial charge in [-0.1, -0.05) is 25.2 Å². The van der Waals surface area contributed by atoms with Crippen molar-refractivity contribution in [2.75, 3.05) is 52.4 Å². The molecule has 2 heterocycles. The van der Waals surface area contributed by atoms with Gasteiger partial charge in [-0.25, -0.2) is 4.99 Å². The third-order valence-electron chi connectivity index (χ3n) is 7.29. The summed E-state index contributed by atoms with van der Waals surface area (Å²) in [6.45, 7) is 10.0. The largest absolute Gasteiger partial charge is 0.355 e. The number of aliphatic imine (C=N–C) groups is 1. The van der Waals surface area contributed by atoms with E-state index < -0.39 is 0 Å². The maximum atomic E-state index is 12.9. The topological polar surface area (TPSA) is 68.2 Å². The van der Waals surface area contributed by atoms with E-state index in [2.05, 4.69) is 27.0 Å². The lowest BCUT2D eigenvalue weighted by Crippen LogP contribution is -2.49. The fourth-order valence-electron chi connectivity index (χ4n) is 5.12. The van der Waals surface area contributed by atoms with Gasteiger partial charge in [-0.2, -0.15) is 0 Å². The van der Waals surface area contributed by atoms with Gasteiger partial charge in [0.15, 0.2) is 0 Å². The number of nitrogens with zero attached hydrogens (tertiary/aromatic N) is 4. The zero-order valence-electron chi connectivity index (χ0n) is 19.0. The second-order valence-electron chi connectivity index (χ2n) is 9.27. The van der Waals surface area contributed by atoms with E-state index in [-0.39, 0.29) is 23.7 Å². The summed E-state index contributed by atoms with van der Waals surface area (Å²) in [5, 5.41) is 3.53. The van der Waals surface area contributed by atoms with Gasteiger partial charge in [0.05, 0.1) is 11.6 Å². The molecule has 2 aliphatic heterocycles. The Kier molecular flexibility index (Phi) is 7.86. The van der Waals surface area contributed by atoms with Gasteiger partial charge in [0.1, 0.15) is 0 Å². The number of carbonyl (C=O) groups is 2. The minimum atomic E-state index is -0.307. The minimum absolute atomic E-state index is 0.0280. The average molecular weight is 458 g/mol. The highest BCUT2D eigenvalue weighted by Crippen LogP contribution is 2.31. The Bertz CT molecular complexity index is 807. The highest BCUT2D eigenvalue weighted by molar-refractivity contribution is 7.80. The molecule has 174 valence electrons. The van der Waals surface area contributed by atoms with Crippen molar-refractivity contribution in [2.24, 2.45) is 22.7 Å². The Morgan fingerprint density at radius 2 is 1.84 bits per heavy atom. The Labute approximate surface area is 196 Å². The Morgan fingerprint density at radius 3 is 2.56 bits per heavy atom. The number of thiocarbonyl (C=S) groups is 1. The lowest BCUT2D eigenvalue weighted by molar-refractivity contribution is -0.130. The molecule has 0 aromatic rings. The SMILES string of the molecule is CCN1CCN(CCNC(=O)C2CCC(CN3C(=O)C4C=CC=CC4=NC3=S)CC2)CC1. The molecule has 1 saturated heterocycles. The van der Waals surface area contributed by atoms with Crippen molar-refractivity contribution in [3.63, 3.8) is 0 Å². The summed E-state index contributed by atoms with van der Waals surface area (Å²) in [6.07, 6.45) is 11.2. The van der Waals surface area contributed by atoms with Gasteiger partial charge < -0.3 is 10.2 Å². The van der Waals surface area contributed by atoms with E-state index in [0.29, 0.717) is 17.6 Å². The lowest BCUT2D eigenvalue weighted by atomic mass is 9.81. The Hall–Kier alpha value is -1.90. The number of hydrogen-bond acceptors (Lipinski definition) is 5. The summed E-state index contributed by atoms with van der Waals surface area (Å²) in [6, 6.07) is 0. The molecule has 8 heteroatoms. The zero-order chi connectivity index (χ0) is 22.5. The first-order valence-electron chi connectivity index (χ1n) is 12.1. The quantitative estimate of drug-likeness (QED) is 0.591. The lowest BCUT2D eigenvalue weighted by Gasteiger charge is -2.35. The molecule has 0 aromatic carbocycles. The van der Waals surface area contributed by atoms with E-state index in [4.69, 9.17) is 12.2 Å². The number of hydrogen-bond donors (Lipinski definition) is 1. The molecule has 2 fully saturated rings. The standard InChI is InChI=1S/C24H35N5O2S/c1-2-27-13-15-28(16-14-27)12-11-25-22(30)19-9-7-18(8-10-19)17-29-23(31)20-5-3-4-6-21(20)26-24(29)32/h3-6,18-20H,2,7-17H2,1H3,(H,25,30). The molecule has 1 atom stereocenters. The number of amides is 2. The van der Waals surface area contributed by atoms with Gasteiger partial charge in [-0.15, -0.1) is 0 Å². The van der Waals surface area contributed by atoms with Crippen LogP contribution < -0.4 is 5.32 Å². The maximum absolute atomic E-state index is 12.9. The van der Waals surface area contributed by atoms with Gasteiger partial charge in [0.25, 0.3) is 0 Å². The normalized spacial score (nSPS) is 29.1. The van der Waals surface area contributed by atoms with E-state index in [1.807, 2.05) is 24.3 Å². The molecule has 0 aromatic heterocycles. The van der Waals surface area contributed by atoms with Crippen LogP contribution in [0.5, 0.6) is 0 Å². The third-order valence-corrected chi connectivity index (χ3v) is 7.60. The molecule has 4 aliphatic rings. The van der Waals surface area contributed by atoms with Gasteiger partial charge in [-0.05, 0) is 56.4 Å². The fraction of sp³-hybridized carbons (Fsp3) is 0.667. The summed E-state index contributed by atoms with van der Waals surface area (Å²) in [5.74, 6) is 0.367. The first-order chi connectivity index (χ1) is 15.5. The minimum Gasteiger partial charge on any atom is -0.355 e. The van der Waals surface area contributed by atoms with Gasteiger partial charge >= 0.3 is 0 Å². The maximum Gasteiger partial charge on any atom is 0.241 e. The molecule has 0 radical (unpaired) electrons. The van der Waals surface area contributed by atoms with Crippen molar-refractivity contribution in [1.29, 1.82) is 0 Å². The number of nitrogens with one attached hydrogen (secondary N) is 1. The summed E-state index contributed by atoms with van der Waals surface area (Å²) in [5.41, 5.74) is 0.742. The Morgan fingerprint density at radius 1 is 1.12 bits per heavy atom. The second-order valence-corrected chi connectivity index (χ2v) is 9.64. The zero-order valence-corrected chi connectivity index (χ0v) is 19.9. The molecule has 1 saturated carbocycles. The predicted molar refractivity (Wildman–Crippen MR) is 131 cm³/mol. The fourth-order valence-corrected chi connectivity index (χ4v) is 5.39. The molecule has 0 bridgehead atoms. The van der Waals surface area contributed by atoms with Crippen LogP contribution >= 0.6 is 12.2 Å². The van der Waals surface area contributed by atoms with Crippen LogP contribution in [0.3, 0.4) is 0 Å². The summed E-state index contributed by atoms with van der Waals surface area (Å²) >= 11 is 5.41. The number of piperazine rings is 1. The third kappa shape index (κ3) is 5.53. The summed E-state index contributed by atoms with van der Waals surface area (Å²) in [7, 11) is 0. The predicted octanol–water partition coefficient (Wildman–Crippen LogP) is 1.86.